The fourth-order valence-electron chi connectivity index (χ4n) is 1.30. The highest BCUT2D eigenvalue weighted by molar-refractivity contribution is 5.95. The molecule has 80 valence electrons. The molecular formula is C11H15N3O. The Kier molecular flexibility index (Phi) is 3.92. The molecule has 0 radical (unpaired) electrons. The molecule has 2 N–H and O–H groups in total. The highest BCUT2D eigenvalue weighted by Gasteiger charge is 2.13. The summed E-state index contributed by atoms with van der Waals surface area (Å²) in [6.07, 6.45) is 8.55. The van der Waals surface area contributed by atoms with E-state index < -0.39 is 0 Å². The van der Waals surface area contributed by atoms with Gasteiger partial charge >= 0.3 is 0 Å². The SMILES string of the molecule is C#CC(CCC)NC(=O)c1cn[nH]c1C. The molecule has 1 aromatic rings. The number of terminal acetylenes is 1. The van der Waals surface area contributed by atoms with E-state index in [0.717, 1.165) is 18.5 Å². The number of carbonyl (C=O) groups is 1. The van der Waals surface area contributed by atoms with Crippen molar-refractivity contribution in [3.63, 3.8) is 0 Å². The molecule has 0 aliphatic rings. The van der Waals surface area contributed by atoms with Gasteiger partial charge in [-0.25, -0.2) is 0 Å². The molecule has 0 bridgehead atoms. The van der Waals surface area contributed by atoms with Crippen molar-refractivity contribution in [1.82, 2.24) is 15.5 Å². The van der Waals surface area contributed by atoms with E-state index in [0.29, 0.717) is 5.56 Å². The molecule has 0 aliphatic carbocycles. The van der Waals surface area contributed by atoms with Gasteiger partial charge in [0.1, 0.15) is 0 Å². The van der Waals surface area contributed by atoms with Crippen molar-refractivity contribution in [1.29, 1.82) is 0 Å². The number of carbonyl (C=O) groups excluding carboxylic acids is 1. The molecule has 1 unspecified atom stereocenters. The zero-order valence-corrected chi connectivity index (χ0v) is 9.00. The Morgan fingerprint density at radius 1 is 1.80 bits per heavy atom. The fourth-order valence-corrected chi connectivity index (χ4v) is 1.30. The molecule has 1 atom stereocenters. The van der Waals surface area contributed by atoms with E-state index >= 15 is 0 Å². The Morgan fingerprint density at radius 3 is 3.00 bits per heavy atom. The number of aryl methyl sites for hydroxylation is 1. The van der Waals surface area contributed by atoms with E-state index in [1.807, 2.05) is 6.92 Å². The summed E-state index contributed by atoms with van der Waals surface area (Å²) in [6, 6.07) is -0.197. The zero-order chi connectivity index (χ0) is 11.3. The average molecular weight is 205 g/mol. The van der Waals surface area contributed by atoms with Crippen LogP contribution in [-0.4, -0.2) is 22.1 Å². The molecule has 1 amide bonds. The number of nitrogens with zero attached hydrogens (tertiary/aromatic N) is 1. The Balaban J connectivity index is 2.64. The number of hydrogen-bond donors (Lipinski definition) is 2. The van der Waals surface area contributed by atoms with Crippen molar-refractivity contribution >= 4 is 5.91 Å². The van der Waals surface area contributed by atoms with Crippen LogP contribution in [-0.2, 0) is 0 Å². The predicted molar refractivity (Wildman–Crippen MR) is 58.3 cm³/mol. The summed E-state index contributed by atoms with van der Waals surface area (Å²) in [5, 5.41) is 9.27. The maximum Gasteiger partial charge on any atom is 0.255 e. The highest BCUT2D eigenvalue weighted by Crippen LogP contribution is 2.03. The maximum atomic E-state index is 11.7. The third-order valence-corrected chi connectivity index (χ3v) is 2.16. The fraction of sp³-hybridized carbons (Fsp3) is 0.455. The van der Waals surface area contributed by atoms with Crippen LogP contribution >= 0.6 is 0 Å². The lowest BCUT2D eigenvalue weighted by atomic mass is 10.1. The van der Waals surface area contributed by atoms with Gasteiger partial charge in [-0.2, -0.15) is 5.10 Å². The first-order chi connectivity index (χ1) is 7.19. The molecule has 1 aromatic heterocycles. The summed E-state index contributed by atoms with van der Waals surface area (Å²) in [5.41, 5.74) is 1.30. The summed E-state index contributed by atoms with van der Waals surface area (Å²) >= 11 is 0. The number of nitrogens with one attached hydrogen (secondary N) is 2. The van der Waals surface area contributed by atoms with Crippen LogP contribution in [0.5, 0.6) is 0 Å². The minimum atomic E-state index is -0.197. The number of aromatic amines is 1. The lowest BCUT2D eigenvalue weighted by Crippen LogP contribution is -2.33. The molecule has 15 heavy (non-hydrogen) atoms. The second-order valence-electron chi connectivity index (χ2n) is 3.39. The van der Waals surface area contributed by atoms with Gasteiger partial charge in [-0.1, -0.05) is 19.3 Å². The second kappa shape index (κ2) is 5.20. The molecule has 0 spiro atoms. The molecule has 0 saturated carbocycles. The van der Waals surface area contributed by atoms with Gasteiger partial charge < -0.3 is 5.32 Å². The highest BCUT2D eigenvalue weighted by atomic mass is 16.1. The van der Waals surface area contributed by atoms with E-state index in [-0.39, 0.29) is 11.9 Å². The number of rotatable bonds is 4. The number of amides is 1. The van der Waals surface area contributed by atoms with E-state index in [2.05, 4.69) is 21.4 Å². The van der Waals surface area contributed by atoms with Crippen molar-refractivity contribution in [3.05, 3.63) is 17.5 Å². The van der Waals surface area contributed by atoms with Gasteiger partial charge in [0.25, 0.3) is 5.91 Å². The number of H-pyrrole nitrogens is 1. The van der Waals surface area contributed by atoms with Crippen LogP contribution in [0.3, 0.4) is 0 Å². The first kappa shape index (κ1) is 11.3. The Hall–Kier alpha value is -1.76. The second-order valence-corrected chi connectivity index (χ2v) is 3.39. The molecule has 0 aromatic carbocycles. The summed E-state index contributed by atoms with van der Waals surface area (Å²) in [6.45, 7) is 3.83. The van der Waals surface area contributed by atoms with Crippen LogP contribution in [0.15, 0.2) is 6.20 Å². The lowest BCUT2D eigenvalue weighted by Gasteiger charge is -2.11. The summed E-state index contributed by atoms with van der Waals surface area (Å²) < 4.78 is 0. The van der Waals surface area contributed by atoms with Gasteiger partial charge in [-0.15, -0.1) is 6.42 Å². The van der Waals surface area contributed by atoms with Crippen LogP contribution in [0.2, 0.25) is 0 Å². The third kappa shape index (κ3) is 2.84. The topological polar surface area (TPSA) is 57.8 Å². The molecule has 0 saturated heterocycles. The van der Waals surface area contributed by atoms with E-state index in [4.69, 9.17) is 6.42 Å². The van der Waals surface area contributed by atoms with E-state index in [1.165, 1.54) is 6.20 Å². The average Bonchev–Trinajstić information content (AvgIpc) is 2.63. The standard InChI is InChI=1S/C11H15N3O/c1-4-6-9(5-2)13-11(15)10-7-12-14-8(10)3/h2,7,9H,4,6H2,1,3H3,(H,12,14)(H,13,15). The quantitative estimate of drug-likeness (QED) is 0.727. The van der Waals surface area contributed by atoms with Crippen molar-refractivity contribution in [2.45, 2.75) is 32.7 Å². The zero-order valence-electron chi connectivity index (χ0n) is 9.00. The largest absolute Gasteiger partial charge is 0.338 e. The van der Waals surface area contributed by atoms with Crippen LogP contribution in [0.25, 0.3) is 0 Å². The third-order valence-electron chi connectivity index (χ3n) is 2.16. The van der Waals surface area contributed by atoms with Crippen molar-refractivity contribution in [2.24, 2.45) is 0 Å². The molecule has 1 rings (SSSR count). The molecular weight excluding hydrogens is 190 g/mol. The summed E-state index contributed by atoms with van der Waals surface area (Å²) in [5.74, 6) is 2.38. The van der Waals surface area contributed by atoms with Gasteiger partial charge in [0, 0.05) is 5.69 Å². The summed E-state index contributed by atoms with van der Waals surface area (Å²) in [7, 11) is 0. The molecule has 4 nitrogen and oxygen atoms in total. The first-order valence-corrected chi connectivity index (χ1v) is 4.96. The van der Waals surface area contributed by atoms with Gasteiger partial charge in [-0.05, 0) is 13.3 Å². The first-order valence-electron chi connectivity index (χ1n) is 4.96. The smallest absolute Gasteiger partial charge is 0.255 e. The van der Waals surface area contributed by atoms with Gasteiger partial charge in [0.15, 0.2) is 0 Å². The molecule has 0 aliphatic heterocycles. The number of aromatic nitrogens is 2. The van der Waals surface area contributed by atoms with Crippen LogP contribution in [0.1, 0.15) is 35.8 Å². The minimum absolute atomic E-state index is 0.169. The Labute approximate surface area is 89.5 Å². The van der Waals surface area contributed by atoms with Gasteiger partial charge in [0.2, 0.25) is 0 Å². The Bertz CT molecular complexity index is 375. The van der Waals surface area contributed by atoms with E-state index in [1.54, 1.807) is 6.92 Å². The van der Waals surface area contributed by atoms with Crippen LogP contribution in [0.4, 0.5) is 0 Å². The van der Waals surface area contributed by atoms with Gasteiger partial charge in [0.05, 0.1) is 17.8 Å². The normalized spacial score (nSPS) is 11.8. The molecule has 0 fully saturated rings. The van der Waals surface area contributed by atoms with Crippen LogP contribution in [0, 0.1) is 19.3 Å². The maximum absolute atomic E-state index is 11.7. The monoisotopic (exact) mass is 205 g/mol. The van der Waals surface area contributed by atoms with Crippen molar-refractivity contribution < 1.29 is 4.79 Å². The van der Waals surface area contributed by atoms with Crippen LogP contribution < -0.4 is 5.32 Å². The van der Waals surface area contributed by atoms with E-state index in [9.17, 15) is 4.79 Å². The lowest BCUT2D eigenvalue weighted by molar-refractivity contribution is 0.0943. The Morgan fingerprint density at radius 2 is 2.53 bits per heavy atom. The van der Waals surface area contributed by atoms with Gasteiger partial charge in [-0.3, -0.25) is 9.89 Å². The predicted octanol–water partition coefficient (Wildman–Crippen LogP) is 1.25. The van der Waals surface area contributed by atoms with Crippen molar-refractivity contribution in [3.8, 4) is 12.3 Å². The summed E-state index contributed by atoms with van der Waals surface area (Å²) in [4.78, 5) is 11.7. The van der Waals surface area contributed by atoms with Crippen molar-refractivity contribution in [2.75, 3.05) is 0 Å². The molecule has 1 heterocycles. The minimum Gasteiger partial charge on any atom is -0.338 e. The number of hydrogen-bond acceptors (Lipinski definition) is 2. The molecule has 4 heteroatoms.